The van der Waals surface area contributed by atoms with E-state index in [9.17, 15) is 18.8 Å². The van der Waals surface area contributed by atoms with Crippen molar-refractivity contribution in [2.24, 2.45) is 10.4 Å². The summed E-state index contributed by atoms with van der Waals surface area (Å²) in [6.07, 6.45) is 3.89. The molecule has 5 fully saturated rings. The van der Waals surface area contributed by atoms with Crippen LogP contribution in [0, 0.1) is 18.2 Å². The fraction of sp³-hybridized carbons (Fsp3) is 0.516. The molecule has 2 N–H and O–H groups in total. The number of amides is 3. The summed E-state index contributed by atoms with van der Waals surface area (Å²) in [6.45, 7) is 6.48. The Morgan fingerprint density at radius 3 is 2.73 bits per heavy atom. The van der Waals surface area contributed by atoms with Crippen LogP contribution in [-0.4, -0.2) is 101 Å². The summed E-state index contributed by atoms with van der Waals surface area (Å²) in [5.41, 5.74) is 1.49. The molecule has 2 atom stereocenters. The number of esters is 1. The number of piperazine rings is 1. The zero-order chi connectivity index (χ0) is 30.8. The molecule has 4 heterocycles. The zero-order valence-corrected chi connectivity index (χ0v) is 25.9. The number of urea groups is 1. The van der Waals surface area contributed by atoms with Crippen molar-refractivity contribution in [3.63, 3.8) is 0 Å². The minimum absolute atomic E-state index is 0.00446. The fourth-order valence-electron chi connectivity index (χ4n) is 7.83. The van der Waals surface area contributed by atoms with Crippen molar-refractivity contribution >= 4 is 35.1 Å². The number of nitrogens with zero attached hydrogens (tertiary/aromatic N) is 5. The summed E-state index contributed by atoms with van der Waals surface area (Å²) in [7, 11) is 1.67. The second-order valence-corrected chi connectivity index (χ2v) is 13.4. The molecule has 8 rings (SSSR count). The number of aromatic nitrogens is 1. The van der Waals surface area contributed by atoms with Crippen molar-refractivity contribution in [3.8, 4) is 0 Å². The molecule has 0 radical (unpaired) electrons. The lowest BCUT2D eigenvalue weighted by Gasteiger charge is -2.71. The minimum Gasteiger partial charge on any atom is -0.463 e. The first kappa shape index (κ1) is 28.9. The predicted molar refractivity (Wildman–Crippen MR) is 161 cm³/mol. The molecule has 11 nitrogen and oxygen atoms in total. The van der Waals surface area contributed by atoms with Crippen molar-refractivity contribution in [3.05, 3.63) is 63.0 Å². The highest BCUT2D eigenvalue weighted by Gasteiger charge is 2.75. The summed E-state index contributed by atoms with van der Waals surface area (Å²) >= 11 is 1.43. The molecular weight excluding hydrogens is 585 g/mol. The average molecular weight is 622 g/mol. The van der Waals surface area contributed by atoms with E-state index in [1.807, 2.05) is 15.2 Å². The number of hydrogen-bond donors (Lipinski definition) is 2. The Morgan fingerprint density at radius 2 is 2.02 bits per heavy atom. The van der Waals surface area contributed by atoms with Crippen LogP contribution < -0.4 is 10.6 Å². The van der Waals surface area contributed by atoms with Gasteiger partial charge >= 0.3 is 12.0 Å². The van der Waals surface area contributed by atoms with E-state index in [-0.39, 0.29) is 41.4 Å². The lowest BCUT2D eigenvalue weighted by Crippen LogP contribution is -2.78. The van der Waals surface area contributed by atoms with E-state index in [2.05, 4.69) is 20.5 Å². The molecule has 1 aromatic heterocycles. The first-order valence-corrected chi connectivity index (χ1v) is 16.0. The van der Waals surface area contributed by atoms with Gasteiger partial charge in [-0.15, -0.1) is 11.3 Å². The van der Waals surface area contributed by atoms with Crippen molar-refractivity contribution < 1.29 is 23.5 Å². The van der Waals surface area contributed by atoms with Gasteiger partial charge in [0.15, 0.2) is 10.8 Å². The van der Waals surface area contributed by atoms with Crippen LogP contribution in [0.5, 0.6) is 0 Å². The van der Waals surface area contributed by atoms with E-state index in [4.69, 9.17) is 9.73 Å². The Balaban J connectivity index is 1.15. The van der Waals surface area contributed by atoms with Crippen LogP contribution in [0.1, 0.15) is 48.4 Å². The van der Waals surface area contributed by atoms with Crippen LogP contribution in [0.4, 0.5) is 9.18 Å². The predicted octanol–water partition coefficient (Wildman–Crippen LogP) is 2.59. The molecule has 6 aliphatic rings. The topological polar surface area (TPSA) is 119 Å². The van der Waals surface area contributed by atoms with Crippen molar-refractivity contribution in [1.82, 2.24) is 30.3 Å². The number of ether oxygens (including phenoxy) is 1. The summed E-state index contributed by atoms with van der Waals surface area (Å²) in [5, 5.41) is 8.69. The third kappa shape index (κ3) is 4.42. The van der Waals surface area contributed by atoms with E-state index in [1.54, 1.807) is 39.2 Å². The minimum atomic E-state index is -0.776. The number of carbonyl (C=O) groups is 3. The van der Waals surface area contributed by atoms with Gasteiger partial charge in [0.25, 0.3) is 0 Å². The molecular formula is C31H36FN7O4S. The lowest BCUT2D eigenvalue weighted by atomic mass is 9.38. The molecule has 1 aromatic carbocycles. The van der Waals surface area contributed by atoms with E-state index in [1.165, 1.54) is 17.4 Å². The van der Waals surface area contributed by atoms with Gasteiger partial charge < -0.3 is 25.2 Å². The van der Waals surface area contributed by atoms with Crippen LogP contribution in [0.25, 0.3) is 0 Å². The molecule has 3 saturated carbocycles. The van der Waals surface area contributed by atoms with Gasteiger partial charge in [0, 0.05) is 62.6 Å². The van der Waals surface area contributed by atoms with Gasteiger partial charge in [0.05, 0.1) is 23.6 Å². The van der Waals surface area contributed by atoms with E-state index in [0.717, 1.165) is 19.3 Å². The number of halogens is 1. The van der Waals surface area contributed by atoms with Crippen molar-refractivity contribution in [2.75, 3.05) is 46.4 Å². The highest BCUT2D eigenvalue weighted by atomic mass is 32.1. The van der Waals surface area contributed by atoms with E-state index in [0.29, 0.717) is 66.0 Å². The number of carbonyl (C=O) groups excluding carboxylic acids is 3. The summed E-state index contributed by atoms with van der Waals surface area (Å²) in [6, 6.07) is 4.11. The smallest absolute Gasteiger partial charge is 0.338 e. The number of benzene rings is 1. The standard InChI is InChI=1S/C31H36FN7O4S/c1-4-43-27(40)23-22(35-25(26-34-8-11-44-26)36-24(23)20-6-5-7-21(32)18(20)2)14-37-9-10-38-19(12-37)13-39(29(38)42)31-15-30(16-31,17-31)28(41)33-3/h5-8,11,19,24H,4,9-10,12-17H2,1-3H3,(H,33,41)(H,35,36)/t19-,24-,30?,31?/m0/s1. The highest BCUT2D eigenvalue weighted by Crippen LogP contribution is 2.70. The Labute approximate surface area is 259 Å². The number of aliphatic imine (C=N–C) groups is 1. The maximum Gasteiger partial charge on any atom is 0.338 e. The monoisotopic (exact) mass is 621 g/mol. The third-order valence-corrected chi connectivity index (χ3v) is 10.7. The second-order valence-electron chi connectivity index (χ2n) is 12.5. The number of fused-ring (bicyclic) bond motifs is 1. The molecule has 3 amide bonds. The molecule has 232 valence electrons. The molecule has 3 aliphatic heterocycles. The van der Waals surface area contributed by atoms with Gasteiger partial charge in [-0.1, -0.05) is 12.1 Å². The number of hydrogen-bond acceptors (Lipinski definition) is 9. The SMILES string of the molecule is CCOC(=O)C1=C(CN2CCN3C(=O)N(C45CC(C(=O)NC)(C4)C5)C[C@@H]3C2)NC(c2nccs2)=N[C@H]1c1cccc(F)c1C. The van der Waals surface area contributed by atoms with Crippen molar-refractivity contribution in [1.29, 1.82) is 0 Å². The second kappa shape index (κ2) is 10.7. The molecule has 2 bridgehead atoms. The number of thiazole rings is 1. The first-order valence-electron chi connectivity index (χ1n) is 15.1. The summed E-state index contributed by atoms with van der Waals surface area (Å²) in [5.74, 6) is -0.271. The summed E-state index contributed by atoms with van der Waals surface area (Å²) < 4.78 is 20.3. The maximum atomic E-state index is 14.8. The van der Waals surface area contributed by atoms with E-state index >= 15 is 0 Å². The average Bonchev–Trinajstić information content (AvgIpc) is 3.61. The van der Waals surface area contributed by atoms with Crippen LogP contribution in [0.2, 0.25) is 0 Å². The summed E-state index contributed by atoms with van der Waals surface area (Å²) in [4.78, 5) is 54.9. The van der Waals surface area contributed by atoms with Gasteiger partial charge in [0.2, 0.25) is 5.91 Å². The van der Waals surface area contributed by atoms with Crippen LogP contribution in [0.15, 0.2) is 46.0 Å². The molecule has 0 spiro atoms. The molecule has 3 aliphatic carbocycles. The Hall–Kier alpha value is -3.84. The van der Waals surface area contributed by atoms with Crippen LogP contribution >= 0.6 is 11.3 Å². The van der Waals surface area contributed by atoms with Gasteiger partial charge in [0.1, 0.15) is 11.9 Å². The van der Waals surface area contributed by atoms with Crippen LogP contribution in [-0.2, 0) is 14.3 Å². The maximum absolute atomic E-state index is 14.8. The first-order chi connectivity index (χ1) is 21.2. The number of amidine groups is 1. The van der Waals surface area contributed by atoms with Crippen LogP contribution in [0.3, 0.4) is 0 Å². The molecule has 2 aromatic rings. The molecule has 13 heteroatoms. The number of nitrogens with one attached hydrogen (secondary N) is 2. The normalized spacial score (nSPS) is 29.4. The quantitative estimate of drug-likeness (QED) is 0.435. The molecule has 0 unspecified atom stereocenters. The van der Waals surface area contributed by atoms with Gasteiger partial charge in [-0.2, -0.15) is 0 Å². The Morgan fingerprint density at radius 1 is 1.23 bits per heavy atom. The van der Waals surface area contributed by atoms with Gasteiger partial charge in [-0.05, 0) is 50.3 Å². The molecule has 2 saturated heterocycles. The highest BCUT2D eigenvalue weighted by molar-refractivity contribution is 7.11. The zero-order valence-electron chi connectivity index (χ0n) is 25.1. The van der Waals surface area contributed by atoms with E-state index < -0.39 is 12.0 Å². The Kier molecular flexibility index (Phi) is 7.00. The van der Waals surface area contributed by atoms with Gasteiger partial charge in [-0.25, -0.2) is 19.0 Å². The molecule has 44 heavy (non-hydrogen) atoms. The van der Waals surface area contributed by atoms with Gasteiger partial charge in [-0.3, -0.25) is 14.7 Å². The fourth-order valence-corrected chi connectivity index (χ4v) is 8.41. The Bertz CT molecular complexity index is 1570. The largest absolute Gasteiger partial charge is 0.463 e. The lowest BCUT2D eigenvalue weighted by molar-refractivity contribution is -0.204. The van der Waals surface area contributed by atoms with Crippen molar-refractivity contribution in [2.45, 2.75) is 50.7 Å². The number of rotatable bonds is 8. The third-order valence-electron chi connectivity index (χ3n) is 9.96.